The van der Waals surface area contributed by atoms with Gasteiger partial charge in [-0.05, 0) is 71.1 Å². The zero-order chi connectivity index (χ0) is 29.1. The van der Waals surface area contributed by atoms with Crippen LogP contribution >= 0.6 is 0 Å². The fraction of sp³-hybridized carbons (Fsp3) is 0.655. The Bertz CT molecular complexity index is 969. The van der Waals surface area contributed by atoms with Gasteiger partial charge >= 0.3 is 23.9 Å². The monoisotopic (exact) mass is 535 g/mol. The van der Waals surface area contributed by atoms with E-state index in [-0.39, 0.29) is 43.0 Å². The van der Waals surface area contributed by atoms with Crippen LogP contribution in [0.15, 0.2) is 18.2 Å². The second kappa shape index (κ2) is 14.9. The van der Waals surface area contributed by atoms with Crippen LogP contribution in [0.25, 0.3) is 0 Å². The zero-order valence-corrected chi connectivity index (χ0v) is 24.4. The quantitative estimate of drug-likeness (QED) is 0.195. The predicted molar refractivity (Wildman–Crippen MR) is 144 cm³/mol. The Kier molecular flexibility index (Phi) is 12.9. The van der Waals surface area contributed by atoms with Crippen LogP contribution in [0.4, 0.5) is 0 Å². The van der Waals surface area contributed by atoms with Crippen LogP contribution in [0.2, 0.25) is 0 Å². The van der Waals surface area contributed by atoms with Crippen molar-refractivity contribution in [2.24, 2.45) is 16.7 Å². The Morgan fingerprint density at radius 1 is 0.868 bits per heavy atom. The molecule has 0 fully saturated rings. The molecule has 0 spiro atoms. The van der Waals surface area contributed by atoms with E-state index in [2.05, 4.69) is 5.32 Å². The molecule has 1 aromatic rings. The molecule has 38 heavy (non-hydrogen) atoms. The normalized spacial score (nSPS) is 13.3. The molecule has 0 saturated carbocycles. The van der Waals surface area contributed by atoms with Gasteiger partial charge in [0, 0.05) is 6.54 Å². The van der Waals surface area contributed by atoms with Crippen LogP contribution in [0.5, 0.6) is 11.5 Å². The first-order valence-corrected chi connectivity index (χ1v) is 13.3. The summed E-state index contributed by atoms with van der Waals surface area (Å²) in [5.74, 6) is -1.66. The van der Waals surface area contributed by atoms with Crippen molar-refractivity contribution >= 4 is 23.9 Å². The third-order valence-corrected chi connectivity index (χ3v) is 6.96. The number of carbonyl (C=O) groups is 4. The van der Waals surface area contributed by atoms with E-state index in [4.69, 9.17) is 18.9 Å². The summed E-state index contributed by atoms with van der Waals surface area (Å²) in [6.45, 7) is 14.9. The van der Waals surface area contributed by atoms with Gasteiger partial charge in [0.25, 0.3) is 0 Å². The van der Waals surface area contributed by atoms with Crippen molar-refractivity contribution in [1.29, 1.82) is 0 Å². The lowest BCUT2D eigenvalue weighted by atomic mass is 9.90. The average Bonchev–Trinajstić information content (AvgIpc) is 2.90. The van der Waals surface area contributed by atoms with Gasteiger partial charge in [-0.2, -0.15) is 0 Å². The first-order chi connectivity index (χ1) is 17.7. The molecule has 214 valence electrons. The topological polar surface area (TPSA) is 117 Å². The summed E-state index contributed by atoms with van der Waals surface area (Å²) in [5.41, 5.74) is -0.819. The second-order valence-electron chi connectivity index (χ2n) is 10.7. The number of rotatable bonds is 15. The van der Waals surface area contributed by atoms with Gasteiger partial charge in [-0.25, -0.2) is 0 Å². The fourth-order valence-corrected chi connectivity index (χ4v) is 2.92. The lowest BCUT2D eigenvalue weighted by Crippen LogP contribution is -2.41. The van der Waals surface area contributed by atoms with Crippen LogP contribution in [0, 0.1) is 16.7 Å². The summed E-state index contributed by atoms with van der Waals surface area (Å²) < 4.78 is 21.5. The average molecular weight is 536 g/mol. The molecule has 1 N–H and O–H groups in total. The SMILES string of the molecule is CCC(C)C(=O)OCCN[C@@H](Cc1ccc(OC(=O)C(C)(C)CC)c(OC(=O)C(C)(C)CC)c1)C(=O)OC. The number of hydrogen-bond acceptors (Lipinski definition) is 9. The maximum Gasteiger partial charge on any atom is 0.323 e. The number of methoxy groups -OCH3 is 1. The van der Waals surface area contributed by atoms with E-state index in [0.29, 0.717) is 24.8 Å². The maximum absolute atomic E-state index is 12.9. The molecule has 1 aromatic carbocycles. The maximum atomic E-state index is 12.9. The number of carbonyl (C=O) groups excluding carboxylic acids is 4. The van der Waals surface area contributed by atoms with Gasteiger partial charge in [0.05, 0.1) is 23.9 Å². The van der Waals surface area contributed by atoms with Crippen molar-refractivity contribution in [2.75, 3.05) is 20.3 Å². The number of nitrogens with one attached hydrogen (secondary N) is 1. The predicted octanol–water partition coefficient (Wildman–Crippen LogP) is 4.63. The highest BCUT2D eigenvalue weighted by Crippen LogP contribution is 2.34. The van der Waals surface area contributed by atoms with Crippen molar-refractivity contribution in [3.63, 3.8) is 0 Å². The molecule has 0 aliphatic carbocycles. The van der Waals surface area contributed by atoms with E-state index in [0.717, 1.165) is 0 Å². The van der Waals surface area contributed by atoms with Crippen LogP contribution in [-0.2, 0) is 35.1 Å². The summed E-state index contributed by atoms with van der Waals surface area (Å²) in [5, 5.41) is 3.05. The molecule has 9 heteroatoms. The summed E-state index contributed by atoms with van der Waals surface area (Å²) in [6, 6.07) is 4.10. The number of hydrogen-bond donors (Lipinski definition) is 1. The lowest BCUT2D eigenvalue weighted by Gasteiger charge is -2.24. The van der Waals surface area contributed by atoms with E-state index in [1.54, 1.807) is 52.8 Å². The Labute approximate surface area is 226 Å². The van der Waals surface area contributed by atoms with Gasteiger partial charge in [0.1, 0.15) is 12.6 Å². The molecular weight excluding hydrogens is 490 g/mol. The van der Waals surface area contributed by atoms with Crippen LogP contribution in [-0.4, -0.2) is 50.2 Å². The minimum atomic E-state index is -0.747. The van der Waals surface area contributed by atoms with Crippen molar-refractivity contribution < 1.29 is 38.1 Å². The lowest BCUT2D eigenvalue weighted by molar-refractivity contribution is -0.148. The third kappa shape index (κ3) is 9.74. The minimum absolute atomic E-state index is 0.0976. The molecule has 0 aliphatic heterocycles. The zero-order valence-electron chi connectivity index (χ0n) is 24.4. The molecule has 0 amide bonds. The van der Waals surface area contributed by atoms with Gasteiger partial charge in [-0.1, -0.05) is 33.8 Å². The van der Waals surface area contributed by atoms with Gasteiger partial charge in [-0.15, -0.1) is 0 Å². The van der Waals surface area contributed by atoms with Crippen LogP contribution in [0.3, 0.4) is 0 Å². The van der Waals surface area contributed by atoms with Crippen LogP contribution < -0.4 is 14.8 Å². The molecule has 0 aromatic heterocycles. The van der Waals surface area contributed by atoms with Gasteiger partial charge in [-0.3, -0.25) is 19.2 Å². The van der Waals surface area contributed by atoms with E-state index in [9.17, 15) is 19.2 Å². The molecule has 1 rings (SSSR count). The van der Waals surface area contributed by atoms with Crippen molar-refractivity contribution in [3.05, 3.63) is 23.8 Å². The summed E-state index contributed by atoms with van der Waals surface area (Å²) in [6.07, 6.45) is 2.00. The molecule has 0 radical (unpaired) electrons. The molecule has 0 heterocycles. The molecule has 9 nitrogen and oxygen atoms in total. The van der Waals surface area contributed by atoms with E-state index >= 15 is 0 Å². The van der Waals surface area contributed by atoms with E-state index in [1.807, 2.05) is 20.8 Å². The molecule has 0 saturated heterocycles. The summed E-state index contributed by atoms with van der Waals surface area (Å²) >= 11 is 0. The third-order valence-electron chi connectivity index (χ3n) is 6.96. The van der Waals surface area contributed by atoms with Gasteiger partial charge in [0.2, 0.25) is 0 Å². The minimum Gasteiger partial charge on any atom is -0.468 e. The number of benzene rings is 1. The van der Waals surface area contributed by atoms with Crippen LogP contribution in [0.1, 0.15) is 80.2 Å². The molecule has 1 unspecified atom stereocenters. The van der Waals surface area contributed by atoms with Crippen molar-refractivity contribution in [2.45, 2.75) is 87.1 Å². The standard InChI is InChI=1S/C29H45NO8/c1-10-19(4)24(31)36-16-15-30-21(25(32)35-9)17-20-13-14-22(37-26(33)28(5,6)11-2)23(18-20)38-27(34)29(7,8)12-3/h13-14,18-19,21,30H,10-12,15-17H2,1-9H3/t19?,21-/m0/s1. The molecule has 0 bridgehead atoms. The van der Waals surface area contributed by atoms with E-state index < -0.39 is 34.8 Å². The van der Waals surface area contributed by atoms with Gasteiger partial charge in [0.15, 0.2) is 11.5 Å². The largest absolute Gasteiger partial charge is 0.468 e. The Morgan fingerprint density at radius 3 is 1.92 bits per heavy atom. The molecular formula is C29H45NO8. The first-order valence-electron chi connectivity index (χ1n) is 13.3. The highest BCUT2D eigenvalue weighted by molar-refractivity contribution is 5.81. The first kappa shape index (κ1) is 33.1. The second-order valence-corrected chi connectivity index (χ2v) is 10.7. The number of esters is 4. The van der Waals surface area contributed by atoms with Crippen molar-refractivity contribution in [1.82, 2.24) is 5.32 Å². The molecule has 2 atom stereocenters. The van der Waals surface area contributed by atoms with E-state index in [1.165, 1.54) is 7.11 Å². The number of ether oxygens (including phenoxy) is 4. The van der Waals surface area contributed by atoms with Crippen molar-refractivity contribution in [3.8, 4) is 11.5 Å². The highest BCUT2D eigenvalue weighted by atomic mass is 16.6. The Balaban J connectivity index is 3.16. The fourth-order valence-electron chi connectivity index (χ4n) is 2.92. The molecule has 0 aliphatic rings. The summed E-state index contributed by atoms with van der Waals surface area (Å²) in [4.78, 5) is 49.9. The summed E-state index contributed by atoms with van der Waals surface area (Å²) in [7, 11) is 1.29. The highest BCUT2D eigenvalue weighted by Gasteiger charge is 2.32. The smallest absolute Gasteiger partial charge is 0.323 e. The van der Waals surface area contributed by atoms with Gasteiger partial charge < -0.3 is 24.3 Å². The Morgan fingerprint density at radius 2 is 1.42 bits per heavy atom. The Hall–Kier alpha value is -2.94.